The normalized spacial score (nSPS) is 11.9. The van der Waals surface area contributed by atoms with Crippen molar-refractivity contribution in [2.24, 2.45) is 0 Å². The number of rotatable bonds is 5. The Kier molecular flexibility index (Phi) is 6.33. The van der Waals surface area contributed by atoms with Crippen molar-refractivity contribution < 1.29 is 17.6 Å². The van der Waals surface area contributed by atoms with Gasteiger partial charge in [0.05, 0.1) is 4.90 Å². The minimum absolute atomic E-state index is 0.0745. The third kappa shape index (κ3) is 4.78. The van der Waals surface area contributed by atoms with Crippen molar-refractivity contribution in [2.45, 2.75) is 11.8 Å². The SMILES string of the molecule is Cc1ccc(S(=O)(=O)N(C)C)cc1NC(=O)/C=C/c1cc(Br)ccc1F. The Bertz CT molecular complexity index is 972. The van der Waals surface area contributed by atoms with Crippen molar-refractivity contribution >= 4 is 43.6 Å². The maximum Gasteiger partial charge on any atom is 0.248 e. The van der Waals surface area contributed by atoms with Crippen LogP contribution in [-0.4, -0.2) is 32.7 Å². The molecule has 1 N–H and O–H groups in total. The molecule has 0 heterocycles. The summed E-state index contributed by atoms with van der Waals surface area (Å²) >= 11 is 3.24. The van der Waals surface area contributed by atoms with Crippen LogP contribution in [0.1, 0.15) is 11.1 Å². The van der Waals surface area contributed by atoms with Gasteiger partial charge in [-0.3, -0.25) is 4.79 Å². The van der Waals surface area contributed by atoms with Gasteiger partial charge in [-0.1, -0.05) is 22.0 Å². The molecule has 0 radical (unpaired) electrons. The van der Waals surface area contributed by atoms with Crippen molar-refractivity contribution in [3.8, 4) is 0 Å². The maximum absolute atomic E-state index is 13.7. The van der Waals surface area contributed by atoms with E-state index in [2.05, 4.69) is 21.2 Å². The number of nitrogens with zero attached hydrogens (tertiary/aromatic N) is 1. The van der Waals surface area contributed by atoms with Gasteiger partial charge in [0.25, 0.3) is 0 Å². The molecule has 0 aliphatic carbocycles. The van der Waals surface area contributed by atoms with E-state index in [1.54, 1.807) is 25.1 Å². The number of amides is 1. The van der Waals surface area contributed by atoms with Crippen LogP contribution in [0.5, 0.6) is 0 Å². The third-order valence-electron chi connectivity index (χ3n) is 3.62. The second-order valence-electron chi connectivity index (χ2n) is 5.75. The molecule has 0 bridgehead atoms. The third-order valence-corrected chi connectivity index (χ3v) is 5.92. The summed E-state index contributed by atoms with van der Waals surface area (Å²) in [4.78, 5) is 12.2. The second-order valence-corrected chi connectivity index (χ2v) is 8.82. The molecule has 0 aliphatic rings. The fourth-order valence-electron chi connectivity index (χ4n) is 2.09. The Morgan fingerprint density at radius 3 is 2.54 bits per heavy atom. The molecule has 2 aromatic carbocycles. The molecule has 2 aromatic rings. The molecule has 2 rings (SSSR count). The largest absolute Gasteiger partial charge is 0.322 e. The summed E-state index contributed by atoms with van der Waals surface area (Å²) in [6.07, 6.45) is 2.54. The second kappa shape index (κ2) is 8.11. The predicted molar refractivity (Wildman–Crippen MR) is 104 cm³/mol. The zero-order chi connectivity index (χ0) is 19.5. The first-order valence-electron chi connectivity index (χ1n) is 7.58. The lowest BCUT2D eigenvalue weighted by atomic mass is 10.2. The molecular formula is C18H18BrFN2O3S. The Hall–Kier alpha value is -2.03. The summed E-state index contributed by atoms with van der Waals surface area (Å²) in [5.74, 6) is -0.945. The van der Waals surface area contributed by atoms with Gasteiger partial charge in [0.2, 0.25) is 15.9 Å². The average Bonchev–Trinajstić information content (AvgIpc) is 2.57. The minimum atomic E-state index is -3.61. The van der Waals surface area contributed by atoms with Crippen LogP contribution in [0.3, 0.4) is 0 Å². The highest BCUT2D eigenvalue weighted by molar-refractivity contribution is 9.10. The van der Waals surface area contributed by atoms with Gasteiger partial charge in [0.1, 0.15) is 5.82 Å². The van der Waals surface area contributed by atoms with Gasteiger partial charge in [0.15, 0.2) is 0 Å². The highest BCUT2D eigenvalue weighted by atomic mass is 79.9. The Balaban J connectivity index is 2.24. The van der Waals surface area contributed by atoms with Crippen molar-refractivity contribution in [2.75, 3.05) is 19.4 Å². The molecule has 8 heteroatoms. The molecule has 26 heavy (non-hydrogen) atoms. The molecule has 1 amide bonds. The van der Waals surface area contributed by atoms with Crippen LogP contribution in [0, 0.1) is 12.7 Å². The first-order valence-corrected chi connectivity index (χ1v) is 9.82. The van der Waals surface area contributed by atoms with Gasteiger partial charge in [0, 0.05) is 35.9 Å². The molecule has 0 spiro atoms. The van der Waals surface area contributed by atoms with Gasteiger partial charge >= 0.3 is 0 Å². The van der Waals surface area contributed by atoms with Crippen molar-refractivity contribution in [1.82, 2.24) is 4.31 Å². The summed E-state index contributed by atoms with van der Waals surface area (Å²) in [5.41, 5.74) is 1.34. The summed E-state index contributed by atoms with van der Waals surface area (Å²) in [5, 5.41) is 2.62. The highest BCUT2D eigenvalue weighted by Gasteiger charge is 2.18. The van der Waals surface area contributed by atoms with Crippen LogP contribution in [0.25, 0.3) is 6.08 Å². The van der Waals surface area contributed by atoms with Crippen molar-refractivity contribution in [3.63, 3.8) is 0 Å². The minimum Gasteiger partial charge on any atom is -0.322 e. The molecule has 0 aromatic heterocycles. The number of anilines is 1. The van der Waals surface area contributed by atoms with E-state index in [4.69, 9.17) is 0 Å². The first-order chi connectivity index (χ1) is 12.1. The van der Waals surface area contributed by atoms with Gasteiger partial charge in [-0.25, -0.2) is 17.1 Å². The highest BCUT2D eigenvalue weighted by Crippen LogP contribution is 2.22. The number of aryl methyl sites for hydroxylation is 1. The van der Waals surface area contributed by atoms with E-state index in [1.807, 2.05) is 0 Å². The molecule has 5 nitrogen and oxygen atoms in total. The lowest BCUT2D eigenvalue weighted by Crippen LogP contribution is -2.22. The zero-order valence-corrected chi connectivity index (χ0v) is 16.9. The van der Waals surface area contributed by atoms with Gasteiger partial charge < -0.3 is 5.32 Å². The van der Waals surface area contributed by atoms with Crippen LogP contribution in [-0.2, 0) is 14.8 Å². The Morgan fingerprint density at radius 2 is 1.88 bits per heavy atom. The van der Waals surface area contributed by atoms with Crippen molar-refractivity contribution in [1.29, 1.82) is 0 Å². The Morgan fingerprint density at radius 1 is 1.19 bits per heavy atom. The summed E-state index contributed by atoms with van der Waals surface area (Å²) in [7, 11) is -0.742. The quantitative estimate of drug-likeness (QED) is 0.718. The first kappa shape index (κ1) is 20.3. The number of hydrogen-bond acceptors (Lipinski definition) is 3. The number of nitrogens with one attached hydrogen (secondary N) is 1. The smallest absolute Gasteiger partial charge is 0.248 e. The van der Waals surface area contributed by atoms with E-state index in [-0.39, 0.29) is 10.5 Å². The fraction of sp³-hybridized carbons (Fsp3) is 0.167. The van der Waals surface area contributed by atoms with E-state index in [0.717, 1.165) is 4.31 Å². The van der Waals surface area contributed by atoms with Crippen LogP contribution in [0.4, 0.5) is 10.1 Å². The molecule has 0 saturated carbocycles. The molecule has 0 atom stereocenters. The molecule has 0 unspecified atom stereocenters. The average molecular weight is 441 g/mol. The van der Waals surface area contributed by atoms with E-state index in [9.17, 15) is 17.6 Å². The predicted octanol–water partition coefficient (Wildman–Crippen LogP) is 3.80. The molecule has 0 fully saturated rings. The monoisotopic (exact) mass is 440 g/mol. The topological polar surface area (TPSA) is 66.5 Å². The van der Waals surface area contributed by atoms with Gasteiger partial charge in [-0.05, 0) is 48.9 Å². The number of halogens is 2. The van der Waals surface area contributed by atoms with Gasteiger partial charge in [-0.2, -0.15) is 0 Å². The summed E-state index contributed by atoms with van der Waals surface area (Å²) in [6, 6.07) is 8.90. The van der Waals surface area contributed by atoms with Crippen molar-refractivity contribution in [3.05, 3.63) is 63.9 Å². The number of carbonyl (C=O) groups excluding carboxylic acids is 1. The zero-order valence-electron chi connectivity index (χ0n) is 14.5. The van der Waals surface area contributed by atoms with Crippen LogP contribution >= 0.6 is 15.9 Å². The number of hydrogen-bond donors (Lipinski definition) is 1. The molecular weight excluding hydrogens is 423 g/mol. The van der Waals surface area contributed by atoms with E-state index in [0.29, 0.717) is 15.7 Å². The number of sulfonamides is 1. The van der Waals surface area contributed by atoms with E-state index in [1.165, 1.54) is 44.4 Å². The lowest BCUT2D eigenvalue weighted by molar-refractivity contribution is -0.111. The lowest BCUT2D eigenvalue weighted by Gasteiger charge is -2.14. The molecule has 0 saturated heterocycles. The van der Waals surface area contributed by atoms with Crippen LogP contribution in [0.15, 0.2) is 51.8 Å². The standard InChI is InChI=1S/C18H18BrFN2O3S/c1-12-4-7-15(26(24,25)22(2)3)11-17(12)21-18(23)9-5-13-10-14(19)6-8-16(13)20/h4-11H,1-3H3,(H,21,23)/b9-5+. The van der Waals surface area contributed by atoms with Gasteiger partial charge in [-0.15, -0.1) is 0 Å². The van der Waals surface area contributed by atoms with Crippen LogP contribution in [0.2, 0.25) is 0 Å². The summed E-state index contributed by atoms with van der Waals surface area (Å²) in [6.45, 7) is 1.75. The Labute approximate surface area is 160 Å². The number of benzene rings is 2. The molecule has 0 aliphatic heterocycles. The number of carbonyl (C=O) groups is 1. The fourth-order valence-corrected chi connectivity index (χ4v) is 3.40. The van der Waals surface area contributed by atoms with Crippen LogP contribution < -0.4 is 5.32 Å². The van der Waals surface area contributed by atoms with E-state index < -0.39 is 21.7 Å². The summed E-state index contributed by atoms with van der Waals surface area (Å²) < 4.78 is 39.9. The molecule has 138 valence electrons. The van der Waals surface area contributed by atoms with E-state index >= 15 is 0 Å². The maximum atomic E-state index is 13.7.